The first-order chi connectivity index (χ1) is 5.65. The standard InChI is InChI=1S/C9H14N2O/c1-5-7(4)9-11-10-8(12-9)6(2)3/h5-6H,1-4H3/b7-5-. The molecular weight excluding hydrogens is 152 g/mol. The van der Waals surface area contributed by atoms with E-state index in [9.17, 15) is 0 Å². The van der Waals surface area contributed by atoms with Crippen molar-refractivity contribution in [1.82, 2.24) is 10.2 Å². The van der Waals surface area contributed by atoms with Crippen LogP contribution in [0, 0.1) is 0 Å². The Hall–Kier alpha value is -1.12. The van der Waals surface area contributed by atoms with Crippen LogP contribution in [0.2, 0.25) is 0 Å². The van der Waals surface area contributed by atoms with Crippen LogP contribution in [0.5, 0.6) is 0 Å². The van der Waals surface area contributed by atoms with Gasteiger partial charge in [0, 0.05) is 11.5 Å². The second-order valence-corrected chi connectivity index (χ2v) is 3.07. The first-order valence-electron chi connectivity index (χ1n) is 4.11. The molecule has 12 heavy (non-hydrogen) atoms. The Bertz CT molecular complexity index is 286. The highest BCUT2D eigenvalue weighted by molar-refractivity contribution is 5.54. The molecule has 1 aromatic rings. The molecule has 0 aliphatic heterocycles. The second-order valence-electron chi connectivity index (χ2n) is 3.07. The van der Waals surface area contributed by atoms with Crippen molar-refractivity contribution in [1.29, 1.82) is 0 Å². The fourth-order valence-electron chi connectivity index (χ4n) is 0.751. The van der Waals surface area contributed by atoms with Gasteiger partial charge in [0.15, 0.2) is 0 Å². The fraction of sp³-hybridized carbons (Fsp3) is 0.556. The number of allylic oxidation sites excluding steroid dienone is 2. The maximum Gasteiger partial charge on any atom is 0.243 e. The van der Waals surface area contributed by atoms with Crippen LogP contribution in [0.1, 0.15) is 45.4 Å². The maximum atomic E-state index is 5.41. The summed E-state index contributed by atoms with van der Waals surface area (Å²) in [7, 11) is 0. The van der Waals surface area contributed by atoms with E-state index in [4.69, 9.17) is 4.42 Å². The quantitative estimate of drug-likeness (QED) is 0.677. The summed E-state index contributed by atoms with van der Waals surface area (Å²) in [4.78, 5) is 0. The Morgan fingerprint density at radius 3 is 2.50 bits per heavy atom. The summed E-state index contributed by atoms with van der Waals surface area (Å²) in [5.41, 5.74) is 1.02. The molecule has 0 atom stereocenters. The Morgan fingerprint density at radius 1 is 1.42 bits per heavy atom. The first-order valence-corrected chi connectivity index (χ1v) is 4.11. The minimum atomic E-state index is 0.302. The van der Waals surface area contributed by atoms with Crippen molar-refractivity contribution in [3.8, 4) is 0 Å². The van der Waals surface area contributed by atoms with Crippen molar-refractivity contribution in [2.75, 3.05) is 0 Å². The smallest absolute Gasteiger partial charge is 0.243 e. The zero-order valence-electron chi connectivity index (χ0n) is 7.96. The van der Waals surface area contributed by atoms with Gasteiger partial charge in [0.25, 0.3) is 0 Å². The Kier molecular flexibility index (Phi) is 2.63. The molecule has 3 heteroatoms. The van der Waals surface area contributed by atoms with E-state index in [2.05, 4.69) is 10.2 Å². The van der Waals surface area contributed by atoms with Crippen molar-refractivity contribution in [3.05, 3.63) is 17.9 Å². The van der Waals surface area contributed by atoms with Gasteiger partial charge in [0.2, 0.25) is 11.8 Å². The Labute approximate surface area is 72.5 Å². The average molecular weight is 166 g/mol. The summed E-state index contributed by atoms with van der Waals surface area (Å²) in [5, 5.41) is 7.85. The molecule has 0 N–H and O–H groups in total. The van der Waals surface area contributed by atoms with Crippen LogP contribution in [0.15, 0.2) is 10.5 Å². The molecule has 0 saturated heterocycles. The van der Waals surface area contributed by atoms with E-state index in [0.717, 1.165) is 5.57 Å². The highest BCUT2D eigenvalue weighted by Crippen LogP contribution is 2.16. The van der Waals surface area contributed by atoms with Crippen LogP contribution in [0.3, 0.4) is 0 Å². The van der Waals surface area contributed by atoms with Gasteiger partial charge in [-0.05, 0) is 13.8 Å². The van der Waals surface area contributed by atoms with Gasteiger partial charge in [-0.3, -0.25) is 0 Å². The predicted molar refractivity (Wildman–Crippen MR) is 47.7 cm³/mol. The van der Waals surface area contributed by atoms with Crippen LogP contribution in [0.4, 0.5) is 0 Å². The zero-order valence-corrected chi connectivity index (χ0v) is 7.96. The third-order valence-electron chi connectivity index (χ3n) is 1.70. The topological polar surface area (TPSA) is 38.9 Å². The number of rotatable bonds is 2. The van der Waals surface area contributed by atoms with Crippen LogP contribution >= 0.6 is 0 Å². The lowest BCUT2D eigenvalue weighted by Crippen LogP contribution is -1.85. The monoisotopic (exact) mass is 166 g/mol. The SMILES string of the molecule is C/C=C(/C)c1nnc(C(C)C)o1. The van der Waals surface area contributed by atoms with Gasteiger partial charge < -0.3 is 4.42 Å². The summed E-state index contributed by atoms with van der Waals surface area (Å²) >= 11 is 0. The minimum Gasteiger partial charge on any atom is -0.421 e. The van der Waals surface area contributed by atoms with Gasteiger partial charge in [0.05, 0.1) is 0 Å². The molecule has 66 valence electrons. The summed E-state index contributed by atoms with van der Waals surface area (Å²) in [6.07, 6.45) is 1.96. The van der Waals surface area contributed by atoms with Crippen LogP contribution in [0.25, 0.3) is 5.57 Å². The third-order valence-corrected chi connectivity index (χ3v) is 1.70. The molecule has 0 fully saturated rings. The lowest BCUT2D eigenvalue weighted by atomic mass is 10.2. The number of hydrogen-bond donors (Lipinski definition) is 0. The number of hydrogen-bond acceptors (Lipinski definition) is 3. The van der Waals surface area contributed by atoms with Gasteiger partial charge >= 0.3 is 0 Å². The summed E-state index contributed by atoms with van der Waals surface area (Å²) in [6, 6.07) is 0. The molecule has 0 radical (unpaired) electrons. The Morgan fingerprint density at radius 2 is 2.08 bits per heavy atom. The predicted octanol–water partition coefficient (Wildman–Crippen LogP) is 2.62. The molecule has 1 heterocycles. The van der Waals surface area contributed by atoms with E-state index in [1.807, 2.05) is 33.8 Å². The van der Waals surface area contributed by atoms with Crippen molar-refractivity contribution < 1.29 is 4.42 Å². The third kappa shape index (κ3) is 1.72. The molecule has 0 saturated carbocycles. The lowest BCUT2D eigenvalue weighted by Gasteiger charge is -1.94. The van der Waals surface area contributed by atoms with Gasteiger partial charge in [-0.25, -0.2) is 0 Å². The fourth-order valence-corrected chi connectivity index (χ4v) is 0.751. The summed E-state index contributed by atoms with van der Waals surface area (Å²) in [5.74, 6) is 1.63. The van der Waals surface area contributed by atoms with E-state index in [1.165, 1.54) is 0 Å². The van der Waals surface area contributed by atoms with E-state index >= 15 is 0 Å². The highest BCUT2D eigenvalue weighted by Gasteiger charge is 2.09. The summed E-state index contributed by atoms with van der Waals surface area (Å²) in [6.45, 7) is 7.97. The van der Waals surface area contributed by atoms with Crippen LogP contribution < -0.4 is 0 Å². The molecule has 0 unspecified atom stereocenters. The normalized spacial score (nSPS) is 12.6. The second kappa shape index (κ2) is 3.52. The van der Waals surface area contributed by atoms with Crippen LogP contribution in [-0.2, 0) is 0 Å². The molecule has 0 aromatic carbocycles. The van der Waals surface area contributed by atoms with E-state index in [-0.39, 0.29) is 0 Å². The van der Waals surface area contributed by atoms with E-state index in [0.29, 0.717) is 17.7 Å². The first kappa shape index (κ1) is 8.97. The molecule has 3 nitrogen and oxygen atoms in total. The molecule has 1 aromatic heterocycles. The zero-order chi connectivity index (χ0) is 9.14. The summed E-state index contributed by atoms with van der Waals surface area (Å²) < 4.78 is 5.41. The van der Waals surface area contributed by atoms with Crippen molar-refractivity contribution in [3.63, 3.8) is 0 Å². The molecule has 0 spiro atoms. The van der Waals surface area contributed by atoms with Crippen molar-refractivity contribution in [2.24, 2.45) is 0 Å². The average Bonchev–Trinajstić information content (AvgIpc) is 2.51. The van der Waals surface area contributed by atoms with E-state index in [1.54, 1.807) is 0 Å². The Balaban J connectivity index is 2.92. The largest absolute Gasteiger partial charge is 0.421 e. The molecule has 0 amide bonds. The van der Waals surface area contributed by atoms with Crippen molar-refractivity contribution >= 4 is 5.57 Å². The lowest BCUT2D eigenvalue weighted by molar-refractivity contribution is 0.460. The number of nitrogens with zero attached hydrogens (tertiary/aromatic N) is 2. The van der Waals surface area contributed by atoms with Gasteiger partial charge in [-0.15, -0.1) is 10.2 Å². The van der Waals surface area contributed by atoms with Gasteiger partial charge in [0.1, 0.15) is 0 Å². The molecule has 1 rings (SSSR count). The molecule has 0 aliphatic carbocycles. The van der Waals surface area contributed by atoms with Crippen molar-refractivity contribution in [2.45, 2.75) is 33.6 Å². The van der Waals surface area contributed by atoms with E-state index < -0.39 is 0 Å². The number of aromatic nitrogens is 2. The van der Waals surface area contributed by atoms with Gasteiger partial charge in [-0.2, -0.15) is 0 Å². The molecule has 0 aliphatic rings. The molecule has 0 bridgehead atoms. The van der Waals surface area contributed by atoms with Crippen LogP contribution in [-0.4, -0.2) is 10.2 Å². The maximum absolute atomic E-state index is 5.41. The van der Waals surface area contributed by atoms with Gasteiger partial charge in [-0.1, -0.05) is 19.9 Å². The minimum absolute atomic E-state index is 0.302. The highest BCUT2D eigenvalue weighted by atomic mass is 16.4. The molecular formula is C9H14N2O.